The van der Waals surface area contributed by atoms with Crippen LogP contribution >= 0.6 is 0 Å². The van der Waals surface area contributed by atoms with Gasteiger partial charge in [-0.25, -0.2) is 0 Å². The van der Waals surface area contributed by atoms with E-state index in [1.165, 1.54) is 5.56 Å². The zero-order chi connectivity index (χ0) is 8.60. The van der Waals surface area contributed by atoms with Crippen molar-refractivity contribution in [1.82, 2.24) is 0 Å². The Morgan fingerprint density at radius 3 is 2.42 bits per heavy atom. The number of aliphatic hydroxyl groups is 1. The maximum atomic E-state index is 10.1. The molecule has 0 amide bonds. The van der Waals surface area contributed by atoms with E-state index in [-0.39, 0.29) is 0 Å². The van der Waals surface area contributed by atoms with E-state index in [4.69, 9.17) is 0 Å². The van der Waals surface area contributed by atoms with Crippen molar-refractivity contribution in [3.63, 3.8) is 0 Å². The minimum atomic E-state index is -0.495. The molecule has 0 saturated heterocycles. The third-order valence-corrected chi connectivity index (χ3v) is 2.83. The monoisotopic (exact) mass is 162 g/mol. The molecular formula is C11H14O. The van der Waals surface area contributed by atoms with Gasteiger partial charge in [-0.2, -0.15) is 0 Å². The van der Waals surface area contributed by atoms with Crippen LogP contribution in [0.4, 0.5) is 0 Å². The molecule has 2 rings (SSSR count). The summed E-state index contributed by atoms with van der Waals surface area (Å²) in [5.41, 5.74) is 1.83. The van der Waals surface area contributed by atoms with Gasteiger partial charge in [0.25, 0.3) is 0 Å². The van der Waals surface area contributed by atoms with Crippen molar-refractivity contribution in [2.24, 2.45) is 0 Å². The maximum absolute atomic E-state index is 10.1. The molecule has 1 N–H and O–H groups in total. The van der Waals surface area contributed by atoms with Crippen molar-refractivity contribution in [2.75, 3.05) is 0 Å². The lowest BCUT2D eigenvalue weighted by Crippen LogP contribution is -2.34. The molecule has 1 nitrogen and oxygen atoms in total. The maximum Gasteiger partial charge on any atom is 0.0899 e. The second-order valence-corrected chi connectivity index (χ2v) is 3.70. The fourth-order valence-electron chi connectivity index (χ4n) is 1.88. The van der Waals surface area contributed by atoms with Gasteiger partial charge in [-0.1, -0.05) is 24.3 Å². The van der Waals surface area contributed by atoms with Gasteiger partial charge < -0.3 is 5.11 Å². The third kappa shape index (κ3) is 1.05. The molecule has 1 aromatic carbocycles. The van der Waals surface area contributed by atoms with Crippen molar-refractivity contribution in [3.8, 4) is 0 Å². The molecule has 1 aliphatic carbocycles. The normalized spacial score (nSPS) is 20.2. The van der Waals surface area contributed by atoms with E-state index in [2.05, 4.69) is 13.0 Å². The summed E-state index contributed by atoms with van der Waals surface area (Å²) >= 11 is 0. The lowest BCUT2D eigenvalue weighted by molar-refractivity contribution is -0.0393. The fraction of sp³-hybridized carbons (Fsp3) is 0.455. The average Bonchev–Trinajstić information content (AvgIpc) is 2.01. The summed E-state index contributed by atoms with van der Waals surface area (Å²) in [6.07, 6.45) is 3.01. The highest BCUT2D eigenvalue weighted by Crippen LogP contribution is 2.41. The Bertz CT molecular complexity index is 287. The van der Waals surface area contributed by atoms with Crippen LogP contribution in [0.15, 0.2) is 24.3 Å². The van der Waals surface area contributed by atoms with Crippen LogP contribution in [-0.4, -0.2) is 5.11 Å². The van der Waals surface area contributed by atoms with Gasteiger partial charge in [0.15, 0.2) is 0 Å². The average molecular weight is 162 g/mol. The third-order valence-electron chi connectivity index (χ3n) is 2.83. The lowest BCUT2D eigenvalue weighted by atomic mass is 9.74. The quantitative estimate of drug-likeness (QED) is 0.672. The molecule has 0 aliphatic heterocycles. The fourth-order valence-corrected chi connectivity index (χ4v) is 1.88. The summed E-state index contributed by atoms with van der Waals surface area (Å²) in [6.45, 7) is 2.06. The van der Waals surface area contributed by atoms with Gasteiger partial charge in [0.05, 0.1) is 5.60 Å². The predicted octanol–water partition coefficient (Wildman–Crippen LogP) is 2.37. The van der Waals surface area contributed by atoms with Gasteiger partial charge in [-0.3, -0.25) is 0 Å². The first-order valence-electron chi connectivity index (χ1n) is 4.51. The Morgan fingerprint density at radius 2 is 1.92 bits per heavy atom. The molecule has 0 heterocycles. The minimum Gasteiger partial charge on any atom is -0.385 e. The molecule has 1 aromatic rings. The Kier molecular flexibility index (Phi) is 1.69. The van der Waals surface area contributed by atoms with Crippen LogP contribution in [0.1, 0.15) is 30.4 Å². The highest BCUT2D eigenvalue weighted by atomic mass is 16.3. The van der Waals surface area contributed by atoms with E-state index in [9.17, 15) is 5.11 Å². The Labute approximate surface area is 73.0 Å². The lowest BCUT2D eigenvalue weighted by Gasteiger charge is -2.38. The summed E-state index contributed by atoms with van der Waals surface area (Å²) in [7, 11) is 0. The molecule has 0 unspecified atom stereocenters. The summed E-state index contributed by atoms with van der Waals surface area (Å²) < 4.78 is 0. The van der Waals surface area contributed by atoms with Crippen molar-refractivity contribution in [1.29, 1.82) is 0 Å². The number of benzene rings is 1. The van der Waals surface area contributed by atoms with Crippen molar-refractivity contribution in [3.05, 3.63) is 35.4 Å². The molecule has 0 atom stereocenters. The van der Waals surface area contributed by atoms with Crippen LogP contribution in [0.2, 0.25) is 0 Å². The highest BCUT2D eigenvalue weighted by molar-refractivity contribution is 5.32. The molecule has 1 saturated carbocycles. The first-order chi connectivity index (χ1) is 5.72. The van der Waals surface area contributed by atoms with E-state index in [0.717, 1.165) is 24.8 Å². The number of rotatable bonds is 1. The molecule has 12 heavy (non-hydrogen) atoms. The van der Waals surface area contributed by atoms with Crippen LogP contribution in [0.5, 0.6) is 0 Å². The van der Waals surface area contributed by atoms with Gasteiger partial charge in [0.1, 0.15) is 0 Å². The van der Waals surface area contributed by atoms with Gasteiger partial charge in [-0.15, -0.1) is 0 Å². The number of hydrogen-bond donors (Lipinski definition) is 1. The number of hydrogen-bond acceptors (Lipinski definition) is 1. The molecule has 1 aliphatic rings. The van der Waals surface area contributed by atoms with Crippen LogP contribution in [-0.2, 0) is 5.60 Å². The van der Waals surface area contributed by atoms with Crippen LogP contribution < -0.4 is 0 Å². The minimum absolute atomic E-state index is 0.495. The van der Waals surface area contributed by atoms with E-state index in [1.54, 1.807) is 0 Å². The van der Waals surface area contributed by atoms with Crippen LogP contribution in [0.25, 0.3) is 0 Å². The number of aryl methyl sites for hydroxylation is 1. The summed E-state index contributed by atoms with van der Waals surface area (Å²) in [5.74, 6) is 0. The first kappa shape index (κ1) is 7.81. The molecule has 1 fully saturated rings. The topological polar surface area (TPSA) is 20.2 Å². The molecule has 0 radical (unpaired) electrons. The van der Waals surface area contributed by atoms with Crippen molar-refractivity contribution >= 4 is 0 Å². The largest absolute Gasteiger partial charge is 0.385 e. The molecular weight excluding hydrogens is 148 g/mol. The molecule has 0 aromatic heterocycles. The van der Waals surface area contributed by atoms with Gasteiger partial charge in [0.2, 0.25) is 0 Å². The smallest absolute Gasteiger partial charge is 0.0899 e. The Balaban J connectivity index is 2.39. The molecule has 0 spiro atoms. The second kappa shape index (κ2) is 2.60. The van der Waals surface area contributed by atoms with Crippen LogP contribution in [0, 0.1) is 6.92 Å². The summed E-state index contributed by atoms with van der Waals surface area (Å²) in [4.78, 5) is 0. The summed E-state index contributed by atoms with van der Waals surface area (Å²) in [6, 6.07) is 8.11. The van der Waals surface area contributed by atoms with E-state index >= 15 is 0 Å². The Hall–Kier alpha value is -0.820. The molecule has 64 valence electrons. The van der Waals surface area contributed by atoms with Crippen molar-refractivity contribution in [2.45, 2.75) is 31.8 Å². The Morgan fingerprint density at radius 1 is 1.25 bits per heavy atom. The zero-order valence-corrected chi connectivity index (χ0v) is 7.38. The SMILES string of the molecule is Cc1ccccc1C1(O)CCC1. The van der Waals surface area contributed by atoms with Crippen molar-refractivity contribution < 1.29 is 5.11 Å². The van der Waals surface area contributed by atoms with E-state index in [0.29, 0.717) is 0 Å². The second-order valence-electron chi connectivity index (χ2n) is 3.70. The van der Waals surface area contributed by atoms with Gasteiger partial charge in [-0.05, 0) is 37.3 Å². The summed E-state index contributed by atoms with van der Waals surface area (Å²) in [5, 5.41) is 10.1. The van der Waals surface area contributed by atoms with Crippen LogP contribution in [0.3, 0.4) is 0 Å². The standard InChI is InChI=1S/C11H14O/c1-9-5-2-3-6-10(9)11(12)7-4-8-11/h2-3,5-6,12H,4,7-8H2,1H3. The zero-order valence-electron chi connectivity index (χ0n) is 7.38. The first-order valence-corrected chi connectivity index (χ1v) is 4.51. The van der Waals surface area contributed by atoms with E-state index < -0.39 is 5.60 Å². The highest BCUT2D eigenvalue weighted by Gasteiger charge is 2.36. The molecule has 0 bridgehead atoms. The molecule has 1 heteroatoms. The van der Waals surface area contributed by atoms with Gasteiger partial charge in [0, 0.05) is 0 Å². The predicted molar refractivity (Wildman–Crippen MR) is 48.9 cm³/mol. The van der Waals surface area contributed by atoms with Gasteiger partial charge >= 0.3 is 0 Å². The van der Waals surface area contributed by atoms with E-state index in [1.807, 2.05) is 18.2 Å².